The van der Waals surface area contributed by atoms with Crippen molar-refractivity contribution in [3.63, 3.8) is 0 Å². The van der Waals surface area contributed by atoms with Gasteiger partial charge in [0.05, 0.1) is 6.54 Å². The smallest absolute Gasteiger partial charge is 0.274 e. The molecule has 0 fully saturated rings. The van der Waals surface area contributed by atoms with Gasteiger partial charge in [0.25, 0.3) is 0 Å². The Morgan fingerprint density at radius 1 is 0.971 bits per heavy atom. The maximum absolute atomic E-state index is 13.2. The highest BCUT2D eigenvalue weighted by Gasteiger charge is 2.15. The Balaban J connectivity index is 1.57. The van der Waals surface area contributed by atoms with Crippen LogP contribution in [0.3, 0.4) is 0 Å². The van der Waals surface area contributed by atoms with E-state index in [1.54, 1.807) is 4.68 Å². The lowest BCUT2D eigenvalue weighted by Crippen LogP contribution is -2.26. The molecule has 2 heterocycles. The number of nitrogens with one attached hydrogen (secondary N) is 1. The van der Waals surface area contributed by atoms with E-state index in [-0.39, 0.29) is 5.69 Å². The van der Waals surface area contributed by atoms with Crippen LogP contribution in [0.1, 0.15) is 64.3 Å². The average molecular weight is 474 g/mol. The van der Waals surface area contributed by atoms with Crippen molar-refractivity contribution in [2.24, 2.45) is 5.92 Å². The molecular formula is C27H35N7O. The molecule has 4 rings (SSSR count). The van der Waals surface area contributed by atoms with Crippen LogP contribution >= 0.6 is 0 Å². The van der Waals surface area contributed by atoms with Crippen LogP contribution in [0.25, 0.3) is 22.5 Å². The number of aromatic amines is 1. The molecule has 4 aromatic rings. The van der Waals surface area contributed by atoms with Gasteiger partial charge in [-0.3, -0.25) is 4.57 Å². The van der Waals surface area contributed by atoms with Gasteiger partial charge < -0.3 is 0 Å². The second-order valence-corrected chi connectivity index (χ2v) is 9.48. The summed E-state index contributed by atoms with van der Waals surface area (Å²) in [6.45, 7) is 7.74. The summed E-state index contributed by atoms with van der Waals surface area (Å²) < 4.78 is 3.51. The third-order valence-electron chi connectivity index (χ3n) is 6.29. The number of nitrogens with zero attached hydrogens (tertiary/aromatic N) is 6. The number of aromatic nitrogens is 7. The summed E-state index contributed by atoms with van der Waals surface area (Å²) in [5, 5.41) is 19.2. The van der Waals surface area contributed by atoms with E-state index < -0.39 is 0 Å². The van der Waals surface area contributed by atoms with E-state index in [2.05, 4.69) is 71.7 Å². The minimum absolute atomic E-state index is 0.0114. The van der Waals surface area contributed by atoms with Crippen molar-refractivity contribution >= 4 is 0 Å². The molecule has 0 aliphatic rings. The Labute approximate surface area is 206 Å². The van der Waals surface area contributed by atoms with Crippen LogP contribution in [0.2, 0.25) is 0 Å². The largest absolute Gasteiger partial charge is 0.346 e. The lowest BCUT2D eigenvalue weighted by Gasteiger charge is -2.09. The van der Waals surface area contributed by atoms with E-state index in [0.29, 0.717) is 24.8 Å². The van der Waals surface area contributed by atoms with Crippen molar-refractivity contribution in [3.05, 3.63) is 70.4 Å². The molecule has 35 heavy (non-hydrogen) atoms. The highest BCUT2D eigenvalue weighted by Crippen LogP contribution is 2.29. The third kappa shape index (κ3) is 6.12. The van der Waals surface area contributed by atoms with Crippen LogP contribution in [0.5, 0.6) is 0 Å². The number of tetrazole rings is 1. The predicted octanol–water partition coefficient (Wildman–Crippen LogP) is 5.11. The van der Waals surface area contributed by atoms with Gasteiger partial charge in [-0.25, -0.2) is 9.48 Å². The molecule has 0 amide bonds. The molecule has 2 aromatic heterocycles. The SMILES string of the molecule is CCCCCCc1nn(CCC(C)C)c(=O)n1Cc1ccc(-c2ccccc2-c2nn[nH]n2)cc1. The topological polar surface area (TPSA) is 94.3 Å². The molecule has 8 heteroatoms. The molecule has 0 atom stereocenters. The molecule has 0 saturated heterocycles. The van der Waals surface area contributed by atoms with Gasteiger partial charge in [0.1, 0.15) is 5.82 Å². The Morgan fingerprint density at radius 3 is 2.43 bits per heavy atom. The first kappa shape index (κ1) is 24.6. The molecule has 1 N–H and O–H groups in total. The second kappa shape index (κ2) is 11.7. The minimum Gasteiger partial charge on any atom is -0.274 e. The molecule has 0 aliphatic carbocycles. The lowest BCUT2D eigenvalue weighted by atomic mass is 9.98. The summed E-state index contributed by atoms with van der Waals surface area (Å²) in [6, 6.07) is 16.4. The number of benzene rings is 2. The molecule has 0 spiro atoms. The molecule has 0 saturated carbocycles. The van der Waals surface area contributed by atoms with Crippen LogP contribution in [-0.4, -0.2) is 35.0 Å². The van der Waals surface area contributed by atoms with E-state index in [1.165, 1.54) is 12.8 Å². The highest BCUT2D eigenvalue weighted by molar-refractivity contribution is 5.80. The van der Waals surface area contributed by atoms with E-state index in [4.69, 9.17) is 5.10 Å². The molecule has 2 aromatic carbocycles. The molecule has 0 bridgehead atoms. The fourth-order valence-electron chi connectivity index (χ4n) is 4.24. The first-order valence-electron chi connectivity index (χ1n) is 12.7. The Kier molecular flexibility index (Phi) is 8.23. The maximum Gasteiger partial charge on any atom is 0.346 e. The van der Waals surface area contributed by atoms with Gasteiger partial charge in [0, 0.05) is 18.5 Å². The second-order valence-electron chi connectivity index (χ2n) is 9.48. The standard InChI is InChI=1S/C27H35N7O/c1-4-5-6-7-12-25-30-34(18-17-20(2)3)27(35)33(25)19-21-13-15-22(16-14-21)23-10-8-9-11-24(23)26-28-31-32-29-26/h8-11,13-16,20H,4-7,12,17-19H2,1-3H3,(H,28,29,31,32). The van der Waals surface area contributed by atoms with Crippen LogP contribution < -0.4 is 5.69 Å². The van der Waals surface area contributed by atoms with E-state index in [1.807, 2.05) is 22.8 Å². The summed E-state index contributed by atoms with van der Waals surface area (Å²) >= 11 is 0. The van der Waals surface area contributed by atoms with Gasteiger partial charge in [-0.05, 0) is 40.7 Å². The number of hydrogen-bond acceptors (Lipinski definition) is 5. The summed E-state index contributed by atoms with van der Waals surface area (Å²) in [7, 11) is 0. The zero-order chi connectivity index (χ0) is 24.6. The monoisotopic (exact) mass is 473 g/mol. The Hall–Kier alpha value is -3.55. The molecule has 0 radical (unpaired) electrons. The maximum atomic E-state index is 13.2. The Morgan fingerprint density at radius 2 is 1.74 bits per heavy atom. The fourth-order valence-corrected chi connectivity index (χ4v) is 4.24. The number of aryl methyl sites for hydroxylation is 2. The highest BCUT2D eigenvalue weighted by atomic mass is 16.2. The van der Waals surface area contributed by atoms with Crippen molar-refractivity contribution in [2.75, 3.05) is 0 Å². The van der Waals surface area contributed by atoms with Gasteiger partial charge in [0.15, 0.2) is 0 Å². The summed E-state index contributed by atoms with van der Waals surface area (Å²) in [5.41, 5.74) is 4.09. The van der Waals surface area contributed by atoms with Crippen LogP contribution in [0.15, 0.2) is 53.3 Å². The molecule has 8 nitrogen and oxygen atoms in total. The van der Waals surface area contributed by atoms with Crippen LogP contribution in [-0.2, 0) is 19.5 Å². The van der Waals surface area contributed by atoms with Crippen molar-refractivity contribution in [1.29, 1.82) is 0 Å². The van der Waals surface area contributed by atoms with Crippen LogP contribution in [0, 0.1) is 5.92 Å². The van der Waals surface area contributed by atoms with Crippen LogP contribution in [0.4, 0.5) is 0 Å². The molecule has 184 valence electrons. The summed E-state index contributed by atoms with van der Waals surface area (Å²) in [6.07, 6.45) is 6.40. The van der Waals surface area contributed by atoms with Gasteiger partial charge in [-0.1, -0.05) is 88.6 Å². The van der Waals surface area contributed by atoms with E-state index in [0.717, 1.165) is 53.8 Å². The first-order chi connectivity index (χ1) is 17.1. The first-order valence-corrected chi connectivity index (χ1v) is 12.7. The number of rotatable bonds is 12. The van der Waals surface area contributed by atoms with E-state index in [9.17, 15) is 4.79 Å². The van der Waals surface area contributed by atoms with Crippen molar-refractivity contribution in [2.45, 2.75) is 72.4 Å². The van der Waals surface area contributed by atoms with E-state index >= 15 is 0 Å². The van der Waals surface area contributed by atoms with Gasteiger partial charge in [0.2, 0.25) is 5.82 Å². The Bertz CT molecular complexity index is 1250. The fraction of sp³-hybridized carbons (Fsp3) is 0.444. The van der Waals surface area contributed by atoms with Gasteiger partial charge >= 0.3 is 5.69 Å². The molecule has 0 aliphatic heterocycles. The summed E-state index contributed by atoms with van der Waals surface area (Å²) in [4.78, 5) is 13.2. The quantitative estimate of drug-likeness (QED) is 0.289. The average Bonchev–Trinajstić information content (AvgIpc) is 3.50. The zero-order valence-electron chi connectivity index (χ0n) is 20.9. The lowest BCUT2D eigenvalue weighted by molar-refractivity contribution is 0.472. The van der Waals surface area contributed by atoms with Gasteiger partial charge in [-0.2, -0.15) is 10.3 Å². The molecule has 0 unspecified atom stereocenters. The predicted molar refractivity (Wildman–Crippen MR) is 138 cm³/mol. The van der Waals surface area contributed by atoms with Gasteiger partial charge in [-0.15, -0.1) is 10.2 Å². The van der Waals surface area contributed by atoms with Crippen molar-refractivity contribution in [1.82, 2.24) is 35.0 Å². The van der Waals surface area contributed by atoms with Crippen molar-refractivity contribution < 1.29 is 0 Å². The minimum atomic E-state index is -0.0114. The number of hydrogen-bond donors (Lipinski definition) is 1. The zero-order valence-corrected chi connectivity index (χ0v) is 20.9. The normalized spacial score (nSPS) is 11.4. The summed E-state index contributed by atoms with van der Waals surface area (Å²) in [5.74, 6) is 1.99. The number of H-pyrrole nitrogens is 1. The van der Waals surface area contributed by atoms with Crippen molar-refractivity contribution in [3.8, 4) is 22.5 Å². The molecular weight excluding hydrogens is 438 g/mol. The number of unbranched alkanes of at least 4 members (excludes halogenated alkanes) is 3. The third-order valence-corrected chi connectivity index (χ3v) is 6.29.